The van der Waals surface area contributed by atoms with Gasteiger partial charge in [0.05, 0.1) is 6.04 Å². The number of carbonyl (C=O) groups is 2. The number of rotatable bonds is 7. The lowest BCUT2D eigenvalue weighted by Gasteiger charge is -2.24. The summed E-state index contributed by atoms with van der Waals surface area (Å²) in [6, 6.07) is 20.4. The zero-order chi connectivity index (χ0) is 22.7. The van der Waals surface area contributed by atoms with Crippen molar-refractivity contribution in [1.29, 1.82) is 0 Å². The highest BCUT2D eigenvalue weighted by Gasteiger charge is 2.36. The maximum Gasteiger partial charge on any atom is 0.255 e. The molecule has 4 rings (SSSR count). The lowest BCUT2D eigenvalue weighted by molar-refractivity contribution is -0.126. The van der Waals surface area contributed by atoms with E-state index in [2.05, 4.69) is 12.2 Å². The second-order valence-electron chi connectivity index (χ2n) is 8.46. The Morgan fingerprint density at radius 1 is 1.09 bits per heavy atom. The number of nitrogens with one attached hydrogen (secondary N) is 1. The van der Waals surface area contributed by atoms with Crippen LogP contribution in [0.25, 0.3) is 6.08 Å². The molecular weight excluding hydrogens is 400 g/mol. The molecule has 164 valence electrons. The Labute approximate surface area is 188 Å². The number of hydrogen-bond donors (Lipinski definition) is 1. The molecule has 1 aromatic heterocycles. The highest BCUT2D eigenvalue weighted by Crippen LogP contribution is 2.47. The van der Waals surface area contributed by atoms with Gasteiger partial charge in [-0.1, -0.05) is 37.3 Å². The Morgan fingerprint density at radius 3 is 2.56 bits per heavy atom. The topological polar surface area (TPSA) is 62.6 Å². The molecule has 0 saturated heterocycles. The maximum absolute atomic E-state index is 12.7. The Kier molecular flexibility index (Phi) is 6.26. The molecule has 3 atom stereocenters. The van der Waals surface area contributed by atoms with Crippen LogP contribution in [0.15, 0.2) is 77.2 Å². The molecule has 0 aliphatic heterocycles. The summed E-state index contributed by atoms with van der Waals surface area (Å²) >= 11 is 0. The van der Waals surface area contributed by atoms with Crippen LogP contribution in [-0.4, -0.2) is 23.8 Å². The largest absolute Gasteiger partial charge is 0.461 e. The van der Waals surface area contributed by atoms with Gasteiger partial charge in [-0.05, 0) is 67.3 Å². The summed E-state index contributed by atoms with van der Waals surface area (Å²) in [5.74, 6) is 2.61. The van der Waals surface area contributed by atoms with Crippen LogP contribution in [0.3, 0.4) is 0 Å². The standard InChI is InChI=1S/C27H28N2O3/c1-18-16-24(18)25-14-12-23(32-25)13-15-26(30)29(3)19(2)21-10-7-11-22(17-21)28-27(31)20-8-5-4-6-9-20/h4-15,17-19,24H,16H2,1-3H3,(H,28,31)/b15-13+. The predicted octanol–water partition coefficient (Wildman–Crippen LogP) is 5.89. The summed E-state index contributed by atoms with van der Waals surface area (Å²) in [6.45, 7) is 4.17. The molecule has 5 heteroatoms. The number of anilines is 1. The van der Waals surface area contributed by atoms with Crippen molar-refractivity contribution in [1.82, 2.24) is 4.90 Å². The van der Waals surface area contributed by atoms with Crippen molar-refractivity contribution in [2.45, 2.75) is 32.2 Å². The van der Waals surface area contributed by atoms with Crippen LogP contribution in [0, 0.1) is 5.92 Å². The van der Waals surface area contributed by atoms with Gasteiger partial charge in [-0.15, -0.1) is 0 Å². The lowest BCUT2D eigenvalue weighted by atomic mass is 10.1. The minimum Gasteiger partial charge on any atom is -0.461 e. The first-order valence-electron chi connectivity index (χ1n) is 10.9. The second-order valence-corrected chi connectivity index (χ2v) is 8.46. The van der Waals surface area contributed by atoms with Crippen LogP contribution in [-0.2, 0) is 4.79 Å². The van der Waals surface area contributed by atoms with E-state index in [4.69, 9.17) is 4.42 Å². The van der Waals surface area contributed by atoms with Crippen molar-refractivity contribution in [3.8, 4) is 0 Å². The SMILES string of the molecule is CC1CC1c1ccc(/C=C/C(=O)N(C)C(C)c2cccc(NC(=O)c3ccccc3)c2)o1. The number of amides is 2. The van der Waals surface area contributed by atoms with Gasteiger partial charge in [0.1, 0.15) is 11.5 Å². The average molecular weight is 429 g/mol. The molecule has 32 heavy (non-hydrogen) atoms. The van der Waals surface area contributed by atoms with Gasteiger partial charge in [-0.25, -0.2) is 0 Å². The van der Waals surface area contributed by atoms with Gasteiger partial charge in [0.25, 0.3) is 5.91 Å². The fourth-order valence-electron chi connectivity index (χ4n) is 3.73. The van der Waals surface area contributed by atoms with Crippen LogP contribution in [0.4, 0.5) is 5.69 Å². The summed E-state index contributed by atoms with van der Waals surface area (Å²) in [5, 5.41) is 2.92. The highest BCUT2D eigenvalue weighted by molar-refractivity contribution is 6.04. The van der Waals surface area contributed by atoms with E-state index < -0.39 is 0 Å². The summed E-state index contributed by atoms with van der Waals surface area (Å²) in [6.07, 6.45) is 4.43. The highest BCUT2D eigenvalue weighted by atomic mass is 16.3. The Balaban J connectivity index is 1.39. The third-order valence-electron chi connectivity index (χ3n) is 6.10. The van der Waals surface area contributed by atoms with Crippen molar-refractivity contribution in [3.05, 3.63) is 95.5 Å². The molecule has 3 aromatic rings. The van der Waals surface area contributed by atoms with E-state index >= 15 is 0 Å². The van der Waals surface area contributed by atoms with Crippen LogP contribution in [0.2, 0.25) is 0 Å². The molecule has 1 aliphatic rings. The molecule has 0 radical (unpaired) electrons. The fraction of sp³-hybridized carbons (Fsp3) is 0.259. The van der Waals surface area contributed by atoms with Gasteiger partial charge >= 0.3 is 0 Å². The molecule has 2 amide bonds. The lowest BCUT2D eigenvalue weighted by Crippen LogP contribution is -2.28. The number of nitrogens with zero attached hydrogens (tertiary/aromatic N) is 1. The number of likely N-dealkylation sites (N-methyl/N-ethyl adjacent to an activating group) is 1. The van der Waals surface area contributed by atoms with Crippen LogP contribution < -0.4 is 5.32 Å². The summed E-state index contributed by atoms with van der Waals surface area (Å²) in [7, 11) is 1.77. The average Bonchev–Trinajstić information content (AvgIpc) is 3.36. The van der Waals surface area contributed by atoms with Gasteiger partial charge in [0.15, 0.2) is 0 Å². The van der Waals surface area contributed by atoms with Crippen molar-refractivity contribution in [2.75, 3.05) is 12.4 Å². The van der Waals surface area contributed by atoms with Gasteiger partial charge < -0.3 is 14.6 Å². The van der Waals surface area contributed by atoms with Crippen LogP contribution in [0.1, 0.15) is 59.7 Å². The Morgan fingerprint density at radius 2 is 1.84 bits per heavy atom. The van der Waals surface area contributed by atoms with Gasteiger partial charge in [0, 0.05) is 30.3 Å². The first-order valence-corrected chi connectivity index (χ1v) is 10.9. The third kappa shape index (κ3) is 4.99. The molecule has 2 aromatic carbocycles. The minimum atomic E-state index is -0.166. The monoisotopic (exact) mass is 428 g/mol. The molecule has 1 saturated carbocycles. The molecule has 1 aliphatic carbocycles. The van der Waals surface area contributed by atoms with Crippen LogP contribution >= 0.6 is 0 Å². The zero-order valence-corrected chi connectivity index (χ0v) is 18.6. The first-order chi connectivity index (χ1) is 15.4. The summed E-state index contributed by atoms with van der Waals surface area (Å²) in [4.78, 5) is 26.8. The van der Waals surface area contributed by atoms with E-state index in [0.717, 1.165) is 11.3 Å². The zero-order valence-electron chi connectivity index (χ0n) is 18.6. The quantitative estimate of drug-likeness (QED) is 0.478. The minimum absolute atomic E-state index is 0.117. The summed E-state index contributed by atoms with van der Waals surface area (Å²) < 4.78 is 5.84. The van der Waals surface area contributed by atoms with Gasteiger partial charge in [0.2, 0.25) is 5.91 Å². The molecule has 1 fully saturated rings. The first kappa shape index (κ1) is 21.6. The number of furan rings is 1. The Bertz CT molecular complexity index is 1130. The normalized spacial score (nSPS) is 18.3. The molecule has 5 nitrogen and oxygen atoms in total. The number of hydrogen-bond acceptors (Lipinski definition) is 3. The predicted molar refractivity (Wildman–Crippen MR) is 126 cm³/mol. The van der Waals surface area contributed by atoms with Crippen molar-refractivity contribution in [3.63, 3.8) is 0 Å². The van der Waals surface area contributed by atoms with E-state index in [9.17, 15) is 9.59 Å². The van der Waals surface area contributed by atoms with Crippen molar-refractivity contribution in [2.24, 2.45) is 5.92 Å². The number of carbonyl (C=O) groups excluding carboxylic acids is 2. The Hall–Kier alpha value is -3.60. The van der Waals surface area contributed by atoms with E-state index in [1.807, 2.05) is 61.5 Å². The second kappa shape index (κ2) is 9.27. The molecular formula is C27H28N2O3. The molecule has 0 bridgehead atoms. The third-order valence-corrected chi connectivity index (χ3v) is 6.10. The van der Waals surface area contributed by atoms with E-state index in [0.29, 0.717) is 28.8 Å². The van der Waals surface area contributed by atoms with E-state index in [1.54, 1.807) is 30.2 Å². The van der Waals surface area contributed by atoms with Gasteiger partial charge in [-0.2, -0.15) is 0 Å². The van der Waals surface area contributed by atoms with Crippen molar-refractivity contribution < 1.29 is 14.0 Å². The maximum atomic E-state index is 12.7. The van der Waals surface area contributed by atoms with E-state index in [-0.39, 0.29) is 17.9 Å². The number of benzene rings is 2. The molecule has 0 spiro atoms. The molecule has 1 heterocycles. The van der Waals surface area contributed by atoms with Crippen LogP contribution in [0.5, 0.6) is 0 Å². The summed E-state index contributed by atoms with van der Waals surface area (Å²) in [5.41, 5.74) is 2.22. The fourth-order valence-corrected chi connectivity index (χ4v) is 3.73. The smallest absolute Gasteiger partial charge is 0.255 e. The van der Waals surface area contributed by atoms with Crippen molar-refractivity contribution >= 4 is 23.6 Å². The molecule has 1 N–H and O–H groups in total. The molecule has 3 unspecified atom stereocenters. The van der Waals surface area contributed by atoms with E-state index in [1.165, 1.54) is 12.5 Å². The van der Waals surface area contributed by atoms with Gasteiger partial charge in [-0.3, -0.25) is 9.59 Å².